The normalized spacial score (nSPS) is 12.7. The lowest BCUT2D eigenvalue weighted by atomic mass is 10.1. The van der Waals surface area contributed by atoms with Gasteiger partial charge in [-0.05, 0) is 6.42 Å². The molecule has 2 heteroatoms. The fraction of sp³-hybridized carbons (Fsp3) is 0.571. The Balaban J connectivity index is 3.58. The Bertz CT molecular complexity index is 107. The van der Waals surface area contributed by atoms with Crippen molar-refractivity contribution in [3.8, 4) is 0 Å². The van der Waals surface area contributed by atoms with Gasteiger partial charge in [-0.25, -0.2) is 0 Å². The predicted octanol–water partition coefficient (Wildman–Crippen LogP) is 0.813. The molecule has 0 aliphatic carbocycles. The maximum absolute atomic E-state index is 9.84. The second-order valence-electron chi connectivity index (χ2n) is 1.93. The molecular weight excluding hydrogens is 116 g/mol. The number of rotatable bonds is 4. The molecule has 1 N–H and O–H groups in total. The number of aliphatic hydroxyl groups is 1. The van der Waals surface area contributed by atoms with Crippen LogP contribution in [-0.2, 0) is 4.79 Å². The van der Waals surface area contributed by atoms with E-state index in [0.29, 0.717) is 6.42 Å². The standard InChI is InChI=1S/C7H11O2/c1-3-4-7(9)6(2)5-8/h7,9H,2-4H2,1H3. The van der Waals surface area contributed by atoms with E-state index in [1.165, 1.54) is 0 Å². The van der Waals surface area contributed by atoms with Gasteiger partial charge in [0.15, 0.2) is 0 Å². The van der Waals surface area contributed by atoms with E-state index >= 15 is 0 Å². The van der Waals surface area contributed by atoms with E-state index in [0.717, 1.165) is 6.42 Å². The third-order valence-corrected chi connectivity index (χ3v) is 1.10. The maximum atomic E-state index is 9.84. The highest BCUT2D eigenvalue weighted by Gasteiger charge is 2.05. The molecule has 0 rings (SSSR count). The molecule has 1 atom stereocenters. The lowest BCUT2D eigenvalue weighted by molar-refractivity contribution is 0.205. The highest BCUT2D eigenvalue weighted by molar-refractivity contribution is 5.74. The van der Waals surface area contributed by atoms with Crippen LogP contribution in [0.25, 0.3) is 0 Å². The van der Waals surface area contributed by atoms with E-state index in [4.69, 9.17) is 5.11 Å². The van der Waals surface area contributed by atoms with Crippen LogP contribution in [0.2, 0.25) is 0 Å². The predicted molar refractivity (Wildman–Crippen MR) is 35.7 cm³/mol. The molecule has 0 saturated carbocycles. The molecule has 1 unspecified atom stereocenters. The van der Waals surface area contributed by atoms with Gasteiger partial charge in [0.25, 0.3) is 0 Å². The van der Waals surface area contributed by atoms with Crippen molar-refractivity contribution in [3.05, 3.63) is 12.2 Å². The van der Waals surface area contributed by atoms with Crippen molar-refractivity contribution in [2.75, 3.05) is 0 Å². The highest BCUT2D eigenvalue weighted by atomic mass is 16.3. The van der Waals surface area contributed by atoms with E-state index in [1.54, 1.807) is 6.29 Å². The Morgan fingerprint density at radius 2 is 2.44 bits per heavy atom. The molecule has 2 nitrogen and oxygen atoms in total. The van der Waals surface area contributed by atoms with Gasteiger partial charge in [0.05, 0.1) is 6.10 Å². The third kappa shape index (κ3) is 3.03. The van der Waals surface area contributed by atoms with Crippen molar-refractivity contribution in [3.63, 3.8) is 0 Å². The summed E-state index contributed by atoms with van der Waals surface area (Å²) in [5.41, 5.74) is 0.150. The molecule has 0 aromatic rings. The summed E-state index contributed by atoms with van der Waals surface area (Å²) < 4.78 is 0. The quantitative estimate of drug-likeness (QED) is 0.567. The first-order valence-corrected chi connectivity index (χ1v) is 2.97. The summed E-state index contributed by atoms with van der Waals surface area (Å²) in [6.45, 7) is 5.25. The monoisotopic (exact) mass is 127 g/mol. The minimum atomic E-state index is -0.688. The second-order valence-corrected chi connectivity index (χ2v) is 1.93. The number of aliphatic hydroxyl groups excluding tert-OH is 1. The SMILES string of the molecule is C=C([C]=O)C(O)CCC. The third-order valence-electron chi connectivity index (χ3n) is 1.10. The Morgan fingerprint density at radius 3 is 2.78 bits per heavy atom. The Kier molecular flexibility index (Phi) is 3.97. The van der Waals surface area contributed by atoms with Crippen LogP contribution in [0.5, 0.6) is 0 Å². The maximum Gasteiger partial charge on any atom is 0.231 e. The van der Waals surface area contributed by atoms with Crippen LogP contribution in [0.15, 0.2) is 12.2 Å². The summed E-state index contributed by atoms with van der Waals surface area (Å²) in [5.74, 6) is 0. The van der Waals surface area contributed by atoms with E-state index in [-0.39, 0.29) is 5.57 Å². The molecule has 0 fully saturated rings. The smallest absolute Gasteiger partial charge is 0.231 e. The molecule has 0 aromatic heterocycles. The van der Waals surface area contributed by atoms with Crippen LogP contribution >= 0.6 is 0 Å². The van der Waals surface area contributed by atoms with Gasteiger partial charge in [0.2, 0.25) is 6.29 Å². The van der Waals surface area contributed by atoms with Gasteiger partial charge in [-0.2, -0.15) is 0 Å². The number of hydrogen-bond acceptors (Lipinski definition) is 2. The first-order chi connectivity index (χ1) is 4.22. The van der Waals surface area contributed by atoms with Gasteiger partial charge in [0.1, 0.15) is 0 Å². The van der Waals surface area contributed by atoms with Crippen LogP contribution in [0.4, 0.5) is 0 Å². The molecule has 51 valence electrons. The zero-order valence-electron chi connectivity index (χ0n) is 5.55. The fourth-order valence-electron chi connectivity index (χ4n) is 0.516. The van der Waals surface area contributed by atoms with E-state index in [9.17, 15) is 4.79 Å². The van der Waals surface area contributed by atoms with E-state index in [1.807, 2.05) is 6.92 Å². The second kappa shape index (κ2) is 4.27. The number of hydrogen-bond donors (Lipinski definition) is 1. The average molecular weight is 127 g/mol. The summed E-state index contributed by atoms with van der Waals surface area (Å²) in [6, 6.07) is 0. The molecule has 0 bridgehead atoms. The van der Waals surface area contributed by atoms with Gasteiger partial charge >= 0.3 is 0 Å². The van der Waals surface area contributed by atoms with Gasteiger partial charge in [-0.3, -0.25) is 4.79 Å². The molecule has 0 heterocycles. The topological polar surface area (TPSA) is 37.3 Å². The Morgan fingerprint density at radius 1 is 1.89 bits per heavy atom. The van der Waals surface area contributed by atoms with Crippen molar-refractivity contribution in [1.82, 2.24) is 0 Å². The average Bonchev–Trinajstić information content (AvgIpc) is 1.87. The summed E-state index contributed by atoms with van der Waals surface area (Å²) >= 11 is 0. The lowest BCUT2D eigenvalue weighted by Gasteiger charge is -2.04. The lowest BCUT2D eigenvalue weighted by Crippen LogP contribution is -2.09. The van der Waals surface area contributed by atoms with E-state index in [2.05, 4.69) is 6.58 Å². The van der Waals surface area contributed by atoms with Crippen LogP contribution < -0.4 is 0 Å². The molecule has 0 saturated heterocycles. The van der Waals surface area contributed by atoms with Gasteiger partial charge in [-0.1, -0.05) is 19.9 Å². The molecule has 0 aliphatic heterocycles. The zero-order valence-corrected chi connectivity index (χ0v) is 5.55. The summed E-state index contributed by atoms with van der Waals surface area (Å²) in [4.78, 5) is 9.84. The van der Waals surface area contributed by atoms with E-state index < -0.39 is 6.10 Å². The van der Waals surface area contributed by atoms with Gasteiger partial charge < -0.3 is 5.11 Å². The summed E-state index contributed by atoms with van der Waals surface area (Å²) in [6.07, 6.45) is 2.31. The minimum Gasteiger partial charge on any atom is -0.388 e. The zero-order chi connectivity index (χ0) is 7.28. The largest absolute Gasteiger partial charge is 0.388 e. The first-order valence-electron chi connectivity index (χ1n) is 2.97. The molecule has 1 radical (unpaired) electrons. The van der Waals surface area contributed by atoms with Crippen LogP contribution in [0.1, 0.15) is 19.8 Å². The van der Waals surface area contributed by atoms with Crippen molar-refractivity contribution >= 4 is 6.29 Å². The molecule has 0 aliphatic rings. The fourth-order valence-corrected chi connectivity index (χ4v) is 0.516. The highest BCUT2D eigenvalue weighted by Crippen LogP contribution is 2.02. The van der Waals surface area contributed by atoms with Crippen molar-refractivity contribution in [2.24, 2.45) is 0 Å². The first kappa shape index (κ1) is 8.37. The molecular formula is C7H11O2. The molecule has 0 spiro atoms. The van der Waals surface area contributed by atoms with Crippen molar-refractivity contribution in [1.29, 1.82) is 0 Å². The minimum absolute atomic E-state index is 0.150. The molecule has 0 aromatic carbocycles. The van der Waals surface area contributed by atoms with Crippen molar-refractivity contribution < 1.29 is 9.90 Å². The van der Waals surface area contributed by atoms with Crippen molar-refractivity contribution in [2.45, 2.75) is 25.9 Å². The van der Waals surface area contributed by atoms with Crippen LogP contribution in [0.3, 0.4) is 0 Å². The molecule has 9 heavy (non-hydrogen) atoms. The Hall–Kier alpha value is -0.630. The van der Waals surface area contributed by atoms with Crippen LogP contribution in [-0.4, -0.2) is 17.5 Å². The summed E-state index contributed by atoms with van der Waals surface area (Å²) in [5, 5.41) is 8.96. The molecule has 0 amide bonds. The Labute approximate surface area is 55.2 Å². The van der Waals surface area contributed by atoms with Gasteiger partial charge in [-0.15, -0.1) is 0 Å². The van der Waals surface area contributed by atoms with Gasteiger partial charge in [0, 0.05) is 5.57 Å². The number of carbonyl (C=O) groups excluding carboxylic acids is 1. The summed E-state index contributed by atoms with van der Waals surface area (Å²) in [7, 11) is 0. The van der Waals surface area contributed by atoms with Crippen LogP contribution in [0, 0.1) is 0 Å².